The summed E-state index contributed by atoms with van der Waals surface area (Å²) in [5.41, 5.74) is 7.04. The van der Waals surface area contributed by atoms with Crippen LogP contribution in [0.5, 0.6) is 0 Å². The number of hydrogen-bond acceptors (Lipinski definition) is 3. The molecule has 3 amide bonds. The van der Waals surface area contributed by atoms with Crippen LogP contribution in [0.3, 0.4) is 0 Å². The average molecular weight is 337 g/mol. The van der Waals surface area contributed by atoms with Gasteiger partial charge in [-0.1, -0.05) is 6.07 Å². The fourth-order valence-corrected chi connectivity index (χ4v) is 3.22. The van der Waals surface area contributed by atoms with Gasteiger partial charge in [0.15, 0.2) is 0 Å². The molecule has 24 heavy (non-hydrogen) atoms. The minimum absolute atomic E-state index is 0.0380. The lowest BCUT2D eigenvalue weighted by Gasteiger charge is -2.39. The number of benzene rings is 1. The summed E-state index contributed by atoms with van der Waals surface area (Å²) in [5, 5.41) is 12.2. The molecule has 0 bridgehead atoms. The van der Waals surface area contributed by atoms with Crippen molar-refractivity contribution in [2.45, 2.75) is 51.3 Å². The highest BCUT2D eigenvalue weighted by Crippen LogP contribution is 2.33. The number of likely N-dealkylation sites (tertiary alicyclic amines) is 1. The molecule has 132 valence electrons. The lowest BCUT2D eigenvalue weighted by Crippen LogP contribution is -2.50. The number of nitrogens with zero attached hydrogens (tertiary/aromatic N) is 1. The number of nitrogens with one attached hydrogen (secondary N) is 1. The number of halogens is 1. The van der Waals surface area contributed by atoms with Crippen molar-refractivity contribution in [1.82, 2.24) is 10.2 Å². The number of piperidine rings is 1. The van der Waals surface area contributed by atoms with Gasteiger partial charge in [-0.3, -0.25) is 4.79 Å². The molecule has 1 aliphatic rings. The maximum atomic E-state index is 13.4. The largest absolute Gasteiger partial charge is 0.393 e. The smallest absolute Gasteiger partial charge is 0.315 e. The molecule has 3 atom stereocenters. The Hall–Kier alpha value is -2.15. The summed E-state index contributed by atoms with van der Waals surface area (Å²) >= 11 is 0. The number of carbonyl (C=O) groups is 2. The van der Waals surface area contributed by atoms with Gasteiger partial charge in [-0.2, -0.15) is 0 Å². The number of aryl methyl sites for hydroxylation is 1. The Morgan fingerprint density at radius 2 is 2.21 bits per heavy atom. The molecule has 4 N–H and O–H groups in total. The highest BCUT2D eigenvalue weighted by Gasteiger charge is 2.33. The summed E-state index contributed by atoms with van der Waals surface area (Å²) in [4.78, 5) is 25.2. The highest BCUT2D eigenvalue weighted by atomic mass is 19.1. The van der Waals surface area contributed by atoms with Gasteiger partial charge >= 0.3 is 6.03 Å². The molecule has 0 saturated carbocycles. The van der Waals surface area contributed by atoms with Crippen LogP contribution in [0.25, 0.3) is 0 Å². The Labute approximate surface area is 140 Å². The molecule has 7 heteroatoms. The number of rotatable bonds is 4. The summed E-state index contributed by atoms with van der Waals surface area (Å²) in [5.74, 6) is -0.559. The second kappa shape index (κ2) is 7.61. The number of carbonyl (C=O) groups excluding carboxylic acids is 2. The minimum Gasteiger partial charge on any atom is -0.393 e. The Balaban J connectivity index is 2.17. The first kappa shape index (κ1) is 18.2. The number of aliphatic hydroxyl groups excluding tert-OH is 1. The van der Waals surface area contributed by atoms with Gasteiger partial charge in [-0.15, -0.1) is 0 Å². The second-order valence-corrected chi connectivity index (χ2v) is 6.39. The zero-order chi connectivity index (χ0) is 17.9. The normalized spacial score (nSPS) is 22.1. The van der Waals surface area contributed by atoms with Crippen molar-refractivity contribution in [3.63, 3.8) is 0 Å². The molecule has 1 aromatic rings. The SMILES string of the molecule is Cc1cc(F)ccc1C1CC(NC(=O)CC(C)O)CCN1C(N)=O. The molecule has 0 aliphatic carbocycles. The predicted octanol–water partition coefficient (Wildman–Crippen LogP) is 1.61. The third-order valence-electron chi connectivity index (χ3n) is 4.32. The van der Waals surface area contributed by atoms with Crippen LogP contribution >= 0.6 is 0 Å². The monoisotopic (exact) mass is 337 g/mol. The van der Waals surface area contributed by atoms with E-state index in [0.29, 0.717) is 19.4 Å². The number of aliphatic hydroxyl groups is 1. The van der Waals surface area contributed by atoms with Crippen molar-refractivity contribution in [3.8, 4) is 0 Å². The summed E-state index contributed by atoms with van der Waals surface area (Å²) < 4.78 is 13.4. The van der Waals surface area contributed by atoms with Crippen LogP contribution in [0.2, 0.25) is 0 Å². The molecule has 6 nitrogen and oxygen atoms in total. The zero-order valence-electron chi connectivity index (χ0n) is 14.0. The molecule has 1 fully saturated rings. The minimum atomic E-state index is -0.703. The number of amides is 3. The quantitative estimate of drug-likeness (QED) is 0.779. The van der Waals surface area contributed by atoms with Gasteiger partial charge in [-0.05, 0) is 49.9 Å². The third kappa shape index (κ3) is 4.44. The van der Waals surface area contributed by atoms with E-state index < -0.39 is 12.1 Å². The molecule has 1 aliphatic heterocycles. The number of hydrogen-bond donors (Lipinski definition) is 3. The van der Waals surface area contributed by atoms with Crippen LogP contribution in [0, 0.1) is 12.7 Å². The molecule has 1 saturated heterocycles. The van der Waals surface area contributed by atoms with E-state index in [1.54, 1.807) is 24.8 Å². The fraction of sp³-hybridized carbons (Fsp3) is 0.529. The highest BCUT2D eigenvalue weighted by molar-refractivity contribution is 5.77. The maximum absolute atomic E-state index is 13.4. The van der Waals surface area contributed by atoms with Crippen LogP contribution in [0.1, 0.15) is 43.4 Å². The molecule has 1 heterocycles. The van der Waals surface area contributed by atoms with Crippen LogP contribution in [-0.4, -0.2) is 40.6 Å². The standard InChI is InChI=1S/C17H24FN3O3/c1-10-7-12(18)3-4-14(10)15-9-13(5-6-21(15)17(19)24)20-16(23)8-11(2)22/h3-4,7,11,13,15,22H,5-6,8-9H2,1-2H3,(H2,19,24)(H,20,23). The second-order valence-electron chi connectivity index (χ2n) is 6.39. The van der Waals surface area contributed by atoms with Gasteiger partial charge < -0.3 is 21.1 Å². The summed E-state index contributed by atoms with van der Waals surface area (Å²) in [7, 11) is 0. The van der Waals surface area contributed by atoms with Crippen LogP contribution in [-0.2, 0) is 4.79 Å². The van der Waals surface area contributed by atoms with Crippen molar-refractivity contribution in [3.05, 3.63) is 35.1 Å². The van der Waals surface area contributed by atoms with Gasteiger partial charge in [0.2, 0.25) is 5.91 Å². The first-order chi connectivity index (χ1) is 11.3. The fourth-order valence-electron chi connectivity index (χ4n) is 3.22. The molecule has 2 rings (SSSR count). The Morgan fingerprint density at radius 1 is 1.50 bits per heavy atom. The molecule has 0 spiro atoms. The van der Waals surface area contributed by atoms with E-state index in [2.05, 4.69) is 5.32 Å². The van der Waals surface area contributed by atoms with Gasteiger partial charge in [0, 0.05) is 12.6 Å². The zero-order valence-corrected chi connectivity index (χ0v) is 14.0. The molecular formula is C17H24FN3O3. The maximum Gasteiger partial charge on any atom is 0.315 e. The van der Waals surface area contributed by atoms with Crippen molar-refractivity contribution in [2.24, 2.45) is 5.73 Å². The van der Waals surface area contributed by atoms with E-state index >= 15 is 0 Å². The first-order valence-corrected chi connectivity index (χ1v) is 8.07. The van der Waals surface area contributed by atoms with Crippen molar-refractivity contribution in [2.75, 3.05) is 6.54 Å². The Bertz CT molecular complexity index is 621. The molecule has 1 aromatic carbocycles. The van der Waals surface area contributed by atoms with Crippen molar-refractivity contribution < 1.29 is 19.1 Å². The van der Waals surface area contributed by atoms with Crippen molar-refractivity contribution >= 4 is 11.9 Å². The number of nitrogens with two attached hydrogens (primary N) is 1. The van der Waals surface area contributed by atoms with E-state index in [0.717, 1.165) is 11.1 Å². The molecular weight excluding hydrogens is 313 g/mol. The van der Waals surface area contributed by atoms with Gasteiger partial charge in [0.05, 0.1) is 18.6 Å². The topological polar surface area (TPSA) is 95.7 Å². The average Bonchev–Trinajstić information content (AvgIpc) is 2.45. The number of urea groups is 1. The van der Waals surface area contributed by atoms with Crippen molar-refractivity contribution in [1.29, 1.82) is 0 Å². The van der Waals surface area contributed by atoms with E-state index in [-0.39, 0.29) is 30.2 Å². The third-order valence-corrected chi connectivity index (χ3v) is 4.32. The van der Waals surface area contributed by atoms with Gasteiger partial charge in [0.25, 0.3) is 0 Å². The number of primary amides is 1. The predicted molar refractivity (Wildman–Crippen MR) is 87.6 cm³/mol. The molecule has 0 aromatic heterocycles. The summed E-state index contributed by atoms with van der Waals surface area (Å²) in [6, 6.07) is 3.47. The van der Waals surface area contributed by atoms with Gasteiger partial charge in [-0.25, -0.2) is 9.18 Å². The van der Waals surface area contributed by atoms with E-state index in [4.69, 9.17) is 5.73 Å². The summed E-state index contributed by atoms with van der Waals surface area (Å²) in [6.07, 6.45) is 0.425. The molecule has 0 radical (unpaired) electrons. The summed E-state index contributed by atoms with van der Waals surface area (Å²) in [6.45, 7) is 3.75. The van der Waals surface area contributed by atoms with Crippen LogP contribution in [0.4, 0.5) is 9.18 Å². The van der Waals surface area contributed by atoms with E-state index in [9.17, 15) is 19.1 Å². The van der Waals surface area contributed by atoms with Gasteiger partial charge in [0.1, 0.15) is 5.82 Å². The van der Waals surface area contributed by atoms with E-state index in [1.165, 1.54) is 12.1 Å². The molecule has 3 unspecified atom stereocenters. The Kier molecular flexibility index (Phi) is 5.77. The lowest BCUT2D eigenvalue weighted by atomic mass is 9.89. The lowest BCUT2D eigenvalue weighted by molar-refractivity contribution is -0.123. The van der Waals surface area contributed by atoms with Crippen LogP contribution < -0.4 is 11.1 Å². The Morgan fingerprint density at radius 3 is 2.79 bits per heavy atom. The first-order valence-electron chi connectivity index (χ1n) is 8.07. The van der Waals surface area contributed by atoms with Crippen LogP contribution in [0.15, 0.2) is 18.2 Å². The van der Waals surface area contributed by atoms with E-state index in [1.807, 2.05) is 0 Å².